The number of carbonyl (C=O) groups excluding carboxylic acids is 2. The predicted molar refractivity (Wildman–Crippen MR) is 93.1 cm³/mol. The number of amides is 2. The fourth-order valence-electron chi connectivity index (χ4n) is 2.69. The smallest absolute Gasteiger partial charge is 0.264 e. The van der Waals surface area contributed by atoms with Crippen molar-refractivity contribution >= 4 is 35.6 Å². The first-order chi connectivity index (χ1) is 11.1. The van der Waals surface area contributed by atoms with Crippen LogP contribution >= 0.6 is 23.7 Å². The van der Waals surface area contributed by atoms with Crippen LogP contribution in [0.4, 0.5) is 4.39 Å². The van der Waals surface area contributed by atoms with Gasteiger partial charge in [-0.15, -0.1) is 23.7 Å². The minimum Gasteiger partial charge on any atom is -0.365 e. The molecule has 1 fully saturated rings. The maximum Gasteiger partial charge on any atom is 0.264 e. The number of hydrogen-bond donors (Lipinski definition) is 2. The number of halogens is 2. The summed E-state index contributed by atoms with van der Waals surface area (Å²) in [7, 11) is 0. The lowest BCUT2D eigenvalue weighted by molar-refractivity contribution is 0.0639. The van der Waals surface area contributed by atoms with Crippen molar-refractivity contribution in [1.29, 1.82) is 0 Å². The normalized spacial score (nSPS) is 17.2. The number of nitrogens with zero attached hydrogens (tertiary/aromatic N) is 1. The Morgan fingerprint density at radius 3 is 2.67 bits per heavy atom. The lowest BCUT2D eigenvalue weighted by Crippen LogP contribution is -2.48. The quantitative estimate of drug-likeness (QED) is 0.870. The summed E-state index contributed by atoms with van der Waals surface area (Å²) in [6.45, 7) is 1.75. The number of nitrogens with two attached hydrogens (primary N) is 1. The average molecular weight is 370 g/mol. The number of benzene rings is 1. The standard InChI is InChI=1S/C16H16FN3O2S.ClH/c17-11-3-1-2-10(8-11)12-9-19-6-7-20(12)16(22)14-5-4-13(23-14)15(18)21;/h1-5,8,12,19H,6-7,9H2,(H2,18,21);1H. The number of hydrogen-bond acceptors (Lipinski definition) is 4. The topological polar surface area (TPSA) is 75.4 Å². The van der Waals surface area contributed by atoms with Crippen LogP contribution in [0.1, 0.15) is 30.9 Å². The van der Waals surface area contributed by atoms with Crippen LogP contribution in [0.3, 0.4) is 0 Å². The van der Waals surface area contributed by atoms with Gasteiger partial charge in [-0.25, -0.2) is 4.39 Å². The largest absolute Gasteiger partial charge is 0.365 e. The minimum atomic E-state index is -0.545. The molecule has 128 valence electrons. The lowest BCUT2D eigenvalue weighted by Gasteiger charge is -2.36. The van der Waals surface area contributed by atoms with Crippen LogP contribution in [-0.2, 0) is 0 Å². The van der Waals surface area contributed by atoms with E-state index < -0.39 is 5.91 Å². The van der Waals surface area contributed by atoms with Crippen molar-refractivity contribution in [3.05, 3.63) is 57.5 Å². The molecule has 0 saturated carbocycles. The van der Waals surface area contributed by atoms with Crippen molar-refractivity contribution < 1.29 is 14.0 Å². The Bertz CT molecular complexity index is 752. The van der Waals surface area contributed by atoms with Gasteiger partial charge in [-0.2, -0.15) is 0 Å². The first-order valence-electron chi connectivity index (χ1n) is 7.23. The molecule has 1 aromatic heterocycles. The summed E-state index contributed by atoms with van der Waals surface area (Å²) >= 11 is 1.08. The second-order valence-corrected chi connectivity index (χ2v) is 6.39. The summed E-state index contributed by atoms with van der Waals surface area (Å²) in [5.41, 5.74) is 5.98. The summed E-state index contributed by atoms with van der Waals surface area (Å²) in [5.74, 6) is -1.04. The van der Waals surface area contributed by atoms with Crippen molar-refractivity contribution in [2.75, 3.05) is 19.6 Å². The molecular weight excluding hydrogens is 353 g/mol. The van der Waals surface area contributed by atoms with E-state index in [2.05, 4.69) is 5.32 Å². The highest BCUT2D eigenvalue weighted by atomic mass is 35.5. The highest BCUT2D eigenvalue weighted by Crippen LogP contribution is 2.27. The SMILES string of the molecule is Cl.NC(=O)c1ccc(C(=O)N2CCNCC2c2cccc(F)c2)s1. The van der Waals surface area contributed by atoms with E-state index in [9.17, 15) is 14.0 Å². The van der Waals surface area contributed by atoms with Gasteiger partial charge in [0, 0.05) is 19.6 Å². The Labute approximate surface area is 149 Å². The molecule has 1 unspecified atom stereocenters. The van der Waals surface area contributed by atoms with Crippen molar-refractivity contribution in [3.63, 3.8) is 0 Å². The maximum atomic E-state index is 13.5. The summed E-state index contributed by atoms with van der Waals surface area (Å²) < 4.78 is 13.5. The highest BCUT2D eigenvalue weighted by Gasteiger charge is 2.29. The summed E-state index contributed by atoms with van der Waals surface area (Å²) in [5, 5.41) is 3.23. The first kappa shape index (κ1) is 18.4. The number of carbonyl (C=O) groups is 2. The van der Waals surface area contributed by atoms with E-state index in [0.29, 0.717) is 29.4 Å². The molecule has 1 saturated heterocycles. The fraction of sp³-hybridized carbons (Fsp3) is 0.250. The zero-order valence-corrected chi connectivity index (χ0v) is 14.3. The van der Waals surface area contributed by atoms with Crippen LogP contribution in [0.25, 0.3) is 0 Å². The Morgan fingerprint density at radius 1 is 1.25 bits per heavy atom. The molecule has 0 bridgehead atoms. The number of piperazine rings is 1. The van der Waals surface area contributed by atoms with E-state index in [4.69, 9.17) is 5.73 Å². The van der Waals surface area contributed by atoms with Gasteiger partial charge in [0.15, 0.2) is 0 Å². The second kappa shape index (κ2) is 7.74. The second-order valence-electron chi connectivity index (χ2n) is 5.30. The van der Waals surface area contributed by atoms with E-state index in [1.165, 1.54) is 12.1 Å². The average Bonchev–Trinajstić information content (AvgIpc) is 3.04. The molecule has 24 heavy (non-hydrogen) atoms. The zero-order chi connectivity index (χ0) is 16.4. The molecule has 0 radical (unpaired) electrons. The van der Waals surface area contributed by atoms with Crippen LogP contribution < -0.4 is 11.1 Å². The number of nitrogens with one attached hydrogen (secondary N) is 1. The zero-order valence-electron chi connectivity index (χ0n) is 12.7. The third kappa shape index (κ3) is 3.75. The molecule has 1 aliphatic rings. The van der Waals surface area contributed by atoms with E-state index in [-0.39, 0.29) is 30.2 Å². The number of primary amides is 1. The molecule has 8 heteroatoms. The number of rotatable bonds is 3. The van der Waals surface area contributed by atoms with Gasteiger partial charge >= 0.3 is 0 Å². The Balaban J connectivity index is 0.00000208. The number of thiophene rings is 1. The molecule has 2 heterocycles. The van der Waals surface area contributed by atoms with Crippen molar-refractivity contribution in [1.82, 2.24) is 10.2 Å². The van der Waals surface area contributed by atoms with Crippen LogP contribution in [0, 0.1) is 5.82 Å². The van der Waals surface area contributed by atoms with E-state index in [0.717, 1.165) is 16.9 Å². The third-order valence-electron chi connectivity index (χ3n) is 3.80. The van der Waals surface area contributed by atoms with Gasteiger partial charge < -0.3 is 16.0 Å². The third-order valence-corrected chi connectivity index (χ3v) is 4.89. The molecule has 2 aromatic rings. The fourth-order valence-corrected chi connectivity index (χ4v) is 3.50. The van der Waals surface area contributed by atoms with Gasteiger partial charge in [0.2, 0.25) is 0 Å². The van der Waals surface area contributed by atoms with Crippen LogP contribution in [0.15, 0.2) is 36.4 Å². The maximum absolute atomic E-state index is 13.5. The van der Waals surface area contributed by atoms with E-state index in [1.807, 2.05) is 6.07 Å². The molecule has 2 amide bonds. The Kier molecular flexibility index (Phi) is 5.93. The molecule has 1 atom stereocenters. The van der Waals surface area contributed by atoms with E-state index >= 15 is 0 Å². The van der Waals surface area contributed by atoms with Gasteiger partial charge in [-0.1, -0.05) is 12.1 Å². The molecule has 0 spiro atoms. The Hall–Kier alpha value is -1.96. The molecule has 1 aliphatic heterocycles. The van der Waals surface area contributed by atoms with Crippen molar-refractivity contribution in [2.45, 2.75) is 6.04 Å². The van der Waals surface area contributed by atoms with Gasteiger partial charge in [0.05, 0.1) is 15.8 Å². The summed E-state index contributed by atoms with van der Waals surface area (Å²) in [6.07, 6.45) is 0. The van der Waals surface area contributed by atoms with Crippen LogP contribution in [0.5, 0.6) is 0 Å². The summed E-state index contributed by atoms with van der Waals surface area (Å²) in [6, 6.07) is 9.19. The molecule has 5 nitrogen and oxygen atoms in total. The molecule has 3 rings (SSSR count). The molecule has 3 N–H and O–H groups in total. The van der Waals surface area contributed by atoms with Crippen LogP contribution in [0.2, 0.25) is 0 Å². The predicted octanol–water partition coefficient (Wildman–Crippen LogP) is 2.19. The van der Waals surface area contributed by atoms with Crippen LogP contribution in [-0.4, -0.2) is 36.3 Å². The monoisotopic (exact) mass is 369 g/mol. The molecule has 1 aromatic carbocycles. The molecule has 0 aliphatic carbocycles. The first-order valence-corrected chi connectivity index (χ1v) is 8.04. The van der Waals surface area contributed by atoms with E-state index in [1.54, 1.807) is 23.1 Å². The summed E-state index contributed by atoms with van der Waals surface area (Å²) in [4.78, 5) is 26.5. The van der Waals surface area contributed by atoms with Gasteiger partial charge in [0.1, 0.15) is 5.82 Å². The van der Waals surface area contributed by atoms with Crippen molar-refractivity contribution in [3.8, 4) is 0 Å². The highest BCUT2D eigenvalue weighted by molar-refractivity contribution is 7.15. The van der Waals surface area contributed by atoms with Gasteiger partial charge in [-0.05, 0) is 29.8 Å². The minimum absolute atomic E-state index is 0. The van der Waals surface area contributed by atoms with Gasteiger partial charge in [-0.3, -0.25) is 9.59 Å². The van der Waals surface area contributed by atoms with Crippen molar-refractivity contribution in [2.24, 2.45) is 5.73 Å². The molecular formula is C16H17ClFN3O2S. The lowest BCUT2D eigenvalue weighted by atomic mass is 10.0. The van der Waals surface area contributed by atoms with Gasteiger partial charge in [0.25, 0.3) is 11.8 Å². The Morgan fingerprint density at radius 2 is 2.00 bits per heavy atom.